The minimum absolute atomic E-state index is 0.0648. The van der Waals surface area contributed by atoms with E-state index in [0.29, 0.717) is 18.9 Å². The molecule has 7 heteroatoms. The molecule has 0 radical (unpaired) electrons. The summed E-state index contributed by atoms with van der Waals surface area (Å²) in [6, 6.07) is 0. The van der Waals surface area contributed by atoms with Gasteiger partial charge in [0, 0.05) is 26.2 Å². The highest BCUT2D eigenvalue weighted by atomic mass is 19.4. The molecule has 0 heterocycles. The first kappa shape index (κ1) is 19.8. The molecule has 0 aliphatic heterocycles. The van der Waals surface area contributed by atoms with Crippen molar-refractivity contribution < 1.29 is 17.9 Å². The van der Waals surface area contributed by atoms with Gasteiger partial charge in [0.1, 0.15) is 6.61 Å². The summed E-state index contributed by atoms with van der Waals surface area (Å²) in [4.78, 5) is 4.34. The summed E-state index contributed by atoms with van der Waals surface area (Å²) in [6.45, 7) is 2.87. The van der Waals surface area contributed by atoms with Gasteiger partial charge in [0.25, 0.3) is 0 Å². The molecular formula is C16H28F3N3O. The Kier molecular flexibility index (Phi) is 9.75. The Balaban J connectivity index is 2.17. The van der Waals surface area contributed by atoms with Crippen LogP contribution in [0.25, 0.3) is 0 Å². The van der Waals surface area contributed by atoms with Gasteiger partial charge in [-0.3, -0.25) is 4.99 Å². The highest BCUT2D eigenvalue weighted by Crippen LogP contribution is 2.19. The molecule has 4 nitrogen and oxygen atoms in total. The molecule has 0 aromatic carbocycles. The van der Waals surface area contributed by atoms with E-state index >= 15 is 0 Å². The summed E-state index contributed by atoms with van der Waals surface area (Å²) in [5, 5.41) is 6.39. The number of nitrogens with zero attached hydrogens (tertiary/aromatic N) is 1. The lowest BCUT2D eigenvalue weighted by atomic mass is 9.97. The van der Waals surface area contributed by atoms with Crippen LogP contribution in [0.2, 0.25) is 0 Å². The first-order valence-electron chi connectivity index (χ1n) is 8.36. The normalized spacial score (nSPS) is 16.2. The minimum atomic E-state index is -4.26. The molecule has 0 saturated heterocycles. The lowest BCUT2D eigenvalue weighted by Crippen LogP contribution is -2.38. The molecule has 2 N–H and O–H groups in total. The summed E-state index contributed by atoms with van der Waals surface area (Å²) < 4.78 is 40.3. The van der Waals surface area contributed by atoms with E-state index in [9.17, 15) is 13.2 Å². The van der Waals surface area contributed by atoms with Crippen molar-refractivity contribution in [3.05, 3.63) is 11.6 Å². The van der Waals surface area contributed by atoms with E-state index in [1.54, 1.807) is 0 Å². The summed E-state index contributed by atoms with van der Waals surface area (Å²) in [5.74, 6) is 0.708. The zero-order chi connectivity index (χ0) is 17.0. The average molecular weight is 335 g/mol. The molecule has 134 valence electrons. The molecular weight excluding hydrogens is 307 g/mol. The number of hydrogen-bond donors (Lipinski definition) is 2. The van der Waals surface area contributed by atoms with Crippen molar-refractivity contribution in [2.45, 2.75) is 51.6 Å². The molecule has 1 aliphatic carbocycles. The molecule has 0 amide bonds. The van der Waals surface area contributed by atoms with Crippen LogP contribution in [0.15, 0.2) is 16.6 Å². The van der Waals surface area contributed by atoms with E-state index in [1.165, 1.54) is 31.3 Å². The fraction of sp³-hybridized carbons (Fsp3) is 0.812. The first-order valence-corrected chi connectivity index (χ1v) is 8.36. The molecule has 0 aromatic rings. The first-order chi connectivity index (χ1) is 11.0. The maximum absolute atomic E-state index is 11.9. The lowest BCUT2D eigenvalue weighted by Gasteiger charge is -2.15. The Hall–Kier alpha value is -1.24. The summed E-state index contributed by atoms with van der Waals surface area (Å²) in [6.07, 6.45) is 4.49. The lowest BCUT2D eigenvalue weighted by molar-refractivity contribution is -0.173. The van der Waals surface area contributed by atoms with Crippen molar-refractivity contribution in [3.8, 4) is 0 Å². The second-order valence-corrected chi connectivity index (χ2v) is 5.57. The predicted octanol–water partition coefficient (Wildman–Crippen LogP) is 3.40. The zero-order valence-corrected chi connectivity index (χ0v) is 13.8. The van der Waals surface area contributed by atoms with E-state index in [-0.39, 0.29) is 6.61 Å². The van der Waals surface area contributed by atoms with Crippen LogP contribution in [-0.4, -0.2) is 45.0 Å². The Labute approximate surface area is 136 Å². The van der Waals surface area contributed by atoms with Crippen LogP contribution >= 0.6 is 0 Å². The second kappa shape index (κ2) is 11.3. The number of guanidine groups is 1. The zero-order valence-electron chi connectivity index (χ0n) is 13.8. The molecule has 0 fully saturated rings. The van der Waals surface area contributed by atoms with E-state index in [1.807, 2.05) is 6.92 Å². The Bertz CT molecular complexity index is 381. The van der Waals surface area contributed by atoms with E-state index in [0.717, 1.165) is 19.5 Å². The van der Waals surface area contributed by atoms with E-state index < -0.39 is 12.8 Å². The van der Waals surface area contributed by atoms with Gasteiger partial charge in [-0.2, -0.15) is 13.2 Å². The summed E-state index contributed by atoms with van der Waals surface area (Å²) >= 11 is 0. The molecule has 0 aromatic heterocycles. The molecule has 0 atom stereocenters. The minimum Gasteiger partial charge on any atom is -0.372 e. The SMILES string of the molecule is CCNC(=NCCCOCC(F)(F)F)NCCC1=CCCCC1. The van der Waals surface area contributed by atoms with Crippen LogP contribution < -0.4 is 10.6 Å². The summed E-state index contributed by atoms with van der Waals surface area (Å²) in [5.41, 5.74) is 1.50. The van der Waals surface area contributed by atoms with Crippen molar-refractivity contribution in [1.82, 2.24) is 10.6 Å². The van der Waals surface area contributed by atoms with Gasteiger partial charge in [-0.1, -0.05) is 11.6 Å². The van der Waals surface area contributed by atoms with Crippen molar-refractivity contribution in [2.24, 2.45) is 4.99 Å². The third-order valence-corrected chi connectivity index (χ3v) is 3.45. The number of aliphatic imine (C=N–C) groups is 1. The summed E-state index contributed by atoms with van der Waals surface area (Å²) in [7, 11) is 0. The number of hydrogen-bond acceptors (Lipinski definition) is 2. The van der Waals surface area contributed by atoms with Gasteiger partial charge < -0.3 is 15.4 Å². The number of ether oxygens (including phenoxy) is 1. The average Bonchev–Trinajstić information content (AvgIpc) is 2.50. The highest BCUT2D eigenvalue weighted by Gasteiger charge is 2.27. The predicted molar refractivity (Wildman–Crippen MR) is 86.6 cm³/mol. The third-order valence-electron chi connectivity index (χ3n) is 3.45. The standard InChI is InChI=1S/C16H28F3N3O/c1-2-20-15(21-10-6-12-23-13-16(17,18)19)22-11-9-14-7-4-3-5-8-14/h7H,2-6,8-13H2,1H3,(H2,20,21,22). The van der Waals surface area contributed by atoms with Crippen LogP contribution in [0, 0.1) is 0 Å². The van der Waals surface area contributed by atoms with Crippen molar-refractivity contribution in [1.29, 1.82) is 0 Å². The van der Waals surface area contributed by atoms with Gasteiger partial charge in [-0.25, -0.2) is 0 Å². The fourth-order valence-electron chi connectivity index (χ4n) is 2.36. The van der Waals surface area contributed by atoms with Gasteiger partial charge in [-0.05, 0) is 45.4 Å². The molecule has 0 saturated carbocycles. The molecule has 0 bridgehead atoms. The highest BCUT2D eigenvalue weighted by molar-refractivity contribution is 5.79. The van der Waals surface area contributed by atoms with Crippen molar-refractivity contribution in [3.63, 3.8) is 0 Å². The van der Waals surface area contributed by atoms with Crippen LogP contribution in [0.4, 0.5) is 13.2 Å². The topological polar surface area (TPSA) is 45.7 Å². The quantitative estimate of drug-likeness (QED) is 0.294. The number of allylic oxidation sites excluding steroid dienone is 1. The van der Waals surface area contributed by atoms with Crippen LogP contribution in [0.1, 0.15) is 45.4 Å². The van der Waals surface area contributed by atoms with Crippen LogP contribution in [-0.2, 0) is 4.74 Å². The molecule has 0 spiro atoms. The van der Waals surface area contributed by atoms with Crippen molar-refractivity contribution in [2.75, 3.05) is 32.8 Å². The fourth-order valence-corrected chi connectivity index (χ4v) is 2.36. The number of nitrogens with one attached hydrogen (secondary N) is 2. The monoisotopic (exact) mass is 335 g/mol. The molecule has 23 heavy (non-hydrogen) atoms. The molecule has 1 rings (SSSR count). The van der Waals surface area contributed by atoms with Gasteiger partial charge >= 0.3 is 6.18 Å². The van der Waals surface area contributed by atoms with E-state index in [4.69, 9.17) is 0 Å². The smallest absolute Gasteiger partial charge is 0.372 e. The Morgan fingerprint density at radius 3 is 2.78 bits per heavy atom. The van der Waals surface area contributed by atoms with Crippen molar-refractivity contribution >= 4 is 5.96 Å². The number of rotatable bonds is 9. The van der Waals surface area contributed by atoms with Gasteiger partial charge in [0.15, 0.2) is 5.96 Å². The Morgan fingerprint density at radius 1 is 1.30 bits per heavy atom. The van der Waals surface area contributed by atoms with Crippen LogP contribution in [0.5, 0.6) is 0 Å². The third kappa shape index (κ3) is 11.0. The molecule has 1 aliphatic rings. The maximum atomic E-state index is 11.9. The second-order valence-electron chi connectivity index (χ2n) is 5.57. The van der Waals surface area contributed by atoms with Gasteiger partial charge in [0.2, 0.25) is 0 Å². The van der Waals surface area contributed by atoms with Gasteiger partial charge in [-0.15, -0.1) is 0 Å². The maximum Gasteiger partial charge on any atom is 0.411 e. The Morgan fingerprint density at radius 2 is 2.13 bits per heavy atom. The molecule has 0 unspecified atom stereocenters. The largest absolute Gasteiger partial charge is 0.411 e. The van der Waals surface area contributed by atoms with E-state index in [2.05, 4.69) is 26.4 Å². The number of halogens is 3. The van der Waals surface area contributed by atoms with Gasteiger partial charge in [0.05, 0.1) is 0 Å². The van der Waals surface area contributed by atoms with Crippen LogP contribution in [0.3, 0.4) is 0 Å². The number of alkyl halides is 3.